The molecular formula is C17H27N3O3S. The summed E-state index contributed by atoms with van der Waals surface area (Å²) < 4.78 is 26.9. The maximum Gasteiger partial charge on any atom is 0.240 e. The number of hydrogen-bond acceptors (Lipinski definition) is 4. The van der Waals surface area contributed by atoms with Crippen molar-refractivity contribution >= 4 is 15.9 Å². The van der Waals surface area contributed by atoms with Crippen LogP contribution in [0.5, 0.6) is 0 Å². The Hall–Kier alpha value is -1.44. The summed E-state index contributed by atoms with van der Waals surface area (Å²) in [5.41, 5.74) is 6.96. The molecule has 1 aromatic rings. The molecule has 0 saturated carbocycles. The Labute approximate surface area is 144 Å². The number of carbonyl (C=O) groups is 1. The molecule has 134 valence electrons. The average Bonchev–Trinajstić information content (AvgIpc) is 2.50. The molecule has 1 heterocycles. The highest BCUT2D eigenvalue weighted by molar-refractivity contribution is 7.89. The summed E-state index contributed by atoms with van der Waals surface area (Å²) in [4.78, 5) is 14.3. The first-order valence-corrected chi connectivity index (χ1v) is 9.70. The molecule has 1 aliphatic heterocycles. The molecule has 0 aliphatic carbocycles. The maximum atomic E-state index is 12.3. The zero-order valence-corrected chi connectivity index (χ0v) is 15.4. The van der Waals surface area contributed by atoms with Gasteiger partial charge in [-0.25, -0.2) is 13.1 Å². The van der Waals surface area contributed by atoms with Crippen molar-refractivity contribution in [1.82, 2.24) is 9.62 Å². The second-order valence-electron chi connectivity index (χ2n) is 7.16. The zero-order chi connectivity index (χ0) is 18.0. The van der Waals surface area contributed by atoms with Crippen molar-refractivity contribution in [1.29, 1.82) is 0 Å². The molecule has 0 aromatic heterocycles. The number of rotatable bonds is 5. The van der Waals surface area contributed by atoms with Crippen molar-refractivity contribution in [2.24, 2.45) is 11.1 Å². The van der Waals surface area contributed by atoms with Crippen LogP contribution in [-0.2, 0) is 14.8 Å². The molecule has 6 nitrogen and oxygen atoms in total. The minimum atomic E-state index is -3.58. The van der Waals surface area contributed by atoms with Gasteiger partial charge in [-0.1, -0.05) is 31.5 Å². The lowest BCUT2D eigenvalue weighted by Crippen LogP contribution is -2.54. The molecule has 1 atom stereocenters. The van der Waals surface area contributed by atoms with Crippen LogP contribution in [0, 0.1) is 12.3 Å². The van der Waals surface area contributed by atoms with Gasteiger partial charge >= 0.3 is 0 Å². The molecule has 1 amide bonds. The van der Waals surface area contributed by atoms with E-state index in [1.54, 1.807) is 29.2 Å². The summed E-state index contributed by atoms with van der Waals surface area (Å²) >= 11 is 0. The number of nitrogens with zero attached hydrogens (tertiary/aromatic N) is 1. The van der Waals surface area contributed by atoms with Crippen LogP contribution in [-0.4, -0.2) is 44.9 Å². The third-order valence-electron chi connectivity index (χ3n) is 4.63. The molecule has 1 unspecified atom stereocenters. The number of nitrogens with one attached hydrogen (secondary N) is 1. The maximum absolute atomic E-state index is 12.3. The zero-order valence-electron chi connectivity index (χ0n) is 14.6. The smallest absolute Gasteiger partial charge is 0.240 e. The van der Waals surface area contributed by atoms with Crippen LogP contribution in [0.2, 0.25) is 0 Å². The molecular weight excluding hydrogens is 326 g/mol. The van der Waals surface area contributed by atoms with Gasteiger partial charge in [0.05, 0.1) is 4.90 Å². The van der Waals surface area contributed by atoms with E-state index >= 15 is 0 Å². The Morgan fingerprint density at radius 3 is 2.54 bits per heavy atom. The first-order chi connectivity index (χ1) is 11.1. The molecule has 0 bridgehead atoms. The summed E-state index contributed by atoms with van der Waals surface area (Å²) in [6.07, 6.45) is 0.921. The highest BCUT2D eigenvalue weighted by atomic mass is 32.2. The Balaban J connectivity index is 1.87. The number of carbonyl (C=O) groups excluding carboxylic acids is 1. The summed E-state index contributed by atoms with van der Waals surface area (Å²) in [6.45, 7) is 7.34. The quantitative estimate of drug-likeness (QED) is 0.833. The first kappa shape index (κ1) is 18.9. The summed E-state index contributed by atoms with van der Waals surface area (Å²) in [6, 6.07) is 6.71. The number of benzene rings is 1. The minimum Gasteiger partial charge on any atom is -0.342 e. The van der Waals surface area contributed by atoms with Gasteiger partial charge in [0.25, 0.3) is 0 Å². The lowest BCUT2D eigenvalue weighted by molar-refractivity contribution is -0.134. The number of aryl methyl sites for hydroxylation is 1. The van der Waals surface area contributed by atoms with E-state index in [9.17, 15) is 13.2 Å². The van der Waals surface area contributed by atoms with Crippen molar-refractivity contribution in [3.05, 3.63) is 29.8 Å². The Kier molecular flexibility index (Phi) is 5.67. The van der Waals surface area contributed by atoms with Gasteiger partial charge in [-0.2, -0.15) is 0 Å². The third-order valence-corrected chi connectivity index (χ3v) is 6.10. The molecule has 0 radical (unpaired) electrons. The van der Waals surface area contributed by atoms with Crippen LogP contribution in [0.1, 0.15) is 32.3 Å². The molecule has 0 spiro atoms. The van der Waals surface area contributed by atoms with Gasteiger partial charge in [0, 0.05) is 32.1 Å². The van der Waals surface area contributed by atoms with Crippen LogP contribution >= 0.6 is 0 Å². The minimum absolute atomic E-state index is 0.0402. The molecule has 7 heteroatoms. The van der Waals surface area contributed by atoms with Crippen molar-refractivity contribution in [2.45, 2.75) is 44.6 Å². The monoisotopic (exact) mass is 353 g/mol. The molecule has 24 heavy (non-hydrogen) atoms. The normalized spacial score (nSPS) is 20.8. The number of likely N-dealkylation sites (tertiary alicyclic amines) is 1. The summed E-state index contributed by atoms with van der Waals surface area (Å²) in [5, 5.41) is 0. The predicted molar refractivity (Wildman–Crippen MR) is 93.9 cm³/mol. The van der Waals surface area contributed by atoms with E-state index in [4.69, 9.17) is 5.73 Å². The highest BCUT2D eigenvalue weighted by Gasteiger charge is 2.35. The van der Waals surface area contributed by atoms with Gasteiger partial charge in [0.1, 0.15) is 0 Å². The molecule has 3 N–H and O–H groups in total. The highest BCUT2D eigenvalue weighted by Crippen LogP contribution is 2.27. The number of hydrogen-bond donors (Lipinski definition) is 2. The van der Waals surface area contributed by atoms with Crippen LogP contribution in [0.3, 0.4) is 0 Å². The van der Waals surface area contributed by atoms with Crippen molar-refractivity contribution in [3.63, 3.8) is 0 Å². The van der Waals surface area contributed by atoms with E-state index in [2.05, 4.69) is 18.6 Å². The number of amides is 1. The van der Waals surface area contributed by atoms with Gasteiger partial charge in [-0.15, -0.1) is 0 Å². The standard InChI is InChI=1S/C17H27N3O3S/c1-13-4-6-14(7-5-13)24(22,23)19-10-8-16(21)20-11-9-15(18)17(2,3)12-20/h4-7,15,19H,8-12,18H2,1-3H3. The second kappa shape index (κ2) is 7.21. The van der Waals surface area contributed by atoms with Gasteiger partial charge < -0.3 is 10.6 Å². The Bertz CT molecular complexity index is 684. The van der Waals surface area contributed by atoms with E-state index in [1.165, 1.54) is 0 Å². The van der Waals surface area contributed by atoms with Gasteiger partial charge in [-0.05, 0) is 30.9 Å². The molecule has 2 rings (SSSR count). The van der Waals surface area contributed by atoms with Crippen molar-refractivity contribution in [2.75, 3.05) is 19.6 Å². The Morgan fingerprint density at radius 1 is 1.33 bits per heavy atom. The molecule has 1 aromatic carbocycles. The first-order valence-electron chi connectivity index (χ1n) is 8.21. The molecule has 1 aliphatic rings. The third kappa shape index (κ3) is 4.55. The predicted octanol–water partition coefficient (Wildman–Crippen LogP) is 1.25. The van der Waals surface area contributed by atoms with E-state index in [0.717, 1.165) is 12.0 Å². The topological polar surface area (TPSA) is 92.5 Å². The lowest BCUT2D eigenvalue weighted by Gasteiger charge is -2.42. The van der Waals surface area contributed by atoms with Gasteiger partial charge in [-0.3, -0.25) is 4.79 Å². The fourth-order valence-electron chi connectivity index (χ4n) is 2.84. The van der Waals surface area contributed by atoms with Crippen LogP contribution < -0.4 is 10.5 Å². The molecule has 1 saturated heterocycles. The number of nitrogens with two attached hydrogens (primary N) is 1. The summed E-state index contributed by atoms with van der Waals surface area (Å²) in [5.74, 6) is -0.0402. The van der Waals surface area contributed by atoms with Crippen molar-refractivity contribution in [3.8, 4) is 0 Å². The van der Waals surface area contributed by atoms with Crippen LogP contribution in [0.15, 0.2) is 29.2 Å². The lowest BCUT2D eigenvalue weighted by atomic mass is 9.79. The van der Waals surface area contributed by atoms with E-state index in [-0.39, 0.29) is 35.2 Å². The van der Waals surface area contributed by atoms with Crippen molar-refractivity contribution < 1.29 is 13.2 Å². The number of sulfonamides is 1. The number of piperidine rings is 1. The largest absolute Gasteiger partial charge is 0.342 e. The second-order valence-corrected chi connectivity index (χ2v) is 8.93. The van der Waals surface area contributed by atoms with E-state index in [1.807, 2.05) is 6.92 Å². The fourth-order valence-corrected chi connectivity index (χ4v) is 3.87. The average molecular weight is 353 g/mol. The van der Waals surface area contributed by atoms with Gasteiger partial charge in [0.2, 0.25) is 15.9 Å². The summed E-state index contributed by atoms with van der Waals surface area (Å²) in [7, 11) is -3.58. The van der Waals surface area contributed by atoms with Gasteiger partial charge in [0.15, 0.2) is 0 Å². The fraction of sp³-hybridized carbons (Fsp3) is 0.588. The van der Waals surface area contributed by atoms with Crippen LogP contribution in [0.25, 0.3) is 0 Å². The van der Waals surface area contributed by atoms with Crippen LogP contribution in [0.4, 0.5) is 0 Å². The SMILES string of the molecule is Cc1ccc(S(=O)(=O)NCCC(=O)N2CCC(N)C(C)(C)C2)cc1. The Morgan fingerprint density at radius 2 is 1.96 bits per heavy atom. The van der Waals surface area contributed by atoms with E-state index in [0.29, 0.717) is 13.1 Å². The van der Waals surface area contributed by atoms with E-state index < -0.39 is 10.0 Å². The molecule has 1 fully saturated rings.